The van der Waals surface area contributed by atoms with Gasteiger partial charge < -0.3 is 20.3 Å². The first-order valence-corrected chi connectivity index (χ1v) is 7.03. The molecule has 0 aromatic heterocycles. The lowest BCUT2D eigenvalue weighted by Gasteiger charge is -2.29. The highest BCUT2D eigenvalue weighted by Gasteiger charge is 2.25. The predicted octanol–water partition coefficient (Wildman–Crippen LogP) is -0.0273. The molecule has 0 unspecified atom stereocenters. The lowest BCUT2D eigenvalue weighted by molar-refractivity contribution is -0.133. The number of nitrogens with one attached hydrogen (secondary N) is 2. The smallest absolute Gasteiger partial charge is 0.331 e. The zero-order valence-electron chi connectivity index (χ0n) is 12.6. The number of hydrogen-bond acceptors (Lipinski definition) is 5. The number of carbonyl (C=O) groups is 3. The topological polar surface area (TPSA) is 87.7 Å². The molecule has 0 atom stereocenters. The van der Waals surface area contributed by atoms with E-state index < -0.39 is 0 Å². The molecule has 1 aliphatic rings. The highest BCUT2D eigenvalue weighted by molar-refractivity contribution is 5.89. The number of hydrogen-bond donors (Lipinski definition) is 2. The van der Waals surface area contributed by atoms with Gasteiger partial charge in [-0.3, -0.25) is 9.59 Å². The SMILES string of the molecule is CC(=O)NCCNC(=O)CN1CC(=O)Oc2ccc(C)cc21. The van der Waals surface area contributed by atoms with Crippen molar-refractivity contribution < 1.29 is 19.1 Å². The Labute approximate surface area is 128 Å². The highest BCUT2D eigenvalue weighted by Crippen LogP contribution is 2.32. The van der Waals surface area contributed by atoms with Gasteiger partial charge in [-0.25, -0.2) is 4.79 Å². The number of carbonyl (C=O) groups excluding carboxylic acids is 3. The van der Waals surface area contributed by atoms with Crippen LogP contribution in [0.4, 0.5) is 5.69 Å². The average molecular weight is 305 g/mol. The number of esters is 1. The Morgan fingerprint density at radius 1 is 1.27 bits per heavy atom. The van der Waals surface area contributed by atoms with Gasteiger partial charge in [0.15, 0.2) is 5.75 Å². The summed E-state index contributed by atoms with van der Waals surface area (Å²) in [6, 6.07) is 5.46. The summed E-state index contributed by atoms with van der Waals surface area (Å²) in [6.45, 7) is 4.17. The van der Waals surface area contributed by atoms with Crippen LogP contribution >= 0.6 is 0 Å². The summed E-state index contributed by atoms with van der Waals surface area (Å²) >= 11 is 0. The van der Waals surface area contributed by atoms with E-state index in [1.807, 2.05) is 19.1 Å². The lowest BCUT2D eigenvalue weighted by atomic mass is 10.1. The van der Waals surface area contributed by atoms with E-state index in [9.17, 15) is 14.4 Å². The lowest BCUT2D eigenvalue weighted by Crippen LogP contribution is -2.44. The minimum atomic E-state index is -0.387. The first kappa shape index (κ1) is 15.8. The van der Waals surface area contributed by atoms with Gasteiger partial charge in [-0.1, -0.05) is 6.07 Å². The van der Waals surface area contributed by atoms with Gasteiger partial charge in [0.05, 0.1) is 12.2 Å². The average Bonchev–Trinajstić information content (AvgIpc) is 2.44. The van der Waals surface area contributed by atoms with Gasteiger partial charge >= 0.3 is 5.97 Å². The largest absolute Gasteiger partial charge is 0.423 e. The molecule has 1 aromatic carbocycles. The van der Waals surface area contributed by atoms with E-state index in [-0.39, 0.29) is 30.9 Å². The molecule has 0 spiro atoms. The van der Waals surface area contributed by atoms with E-state index in [0.717, 1.165) is 11.3 Å². The molecule has 0 radical (unpaired) electrons. The first-order valence-electron chi connectivity index (χ1n) is 7.03. The Kier molecular flexibility index (Phi) is 4.98. The Morgan fingerprint density at radius 3 is 2.73 bits per heavy atom. The van der Waals surface area contributed by atoms with Crippen molar-refractivity contribution in [1.29, 1.82) is 0 Å². The molecular formula is C15H19N3O4. The van der Waals surface area contributed by atoms with Crippen LogP contribution in [0.3, 0.4) is 0 Å². The summed E-state index contributed by atoms with van der Waals surface area (Å²) in [5.74, 6) is -0.278. The minimum Gasteiger partial charge on any atom is -0.423 e. The van der Waals surface area contributed by atoms with Crippen molar-refractivity contribution >= 4 is 23.5 Å². The fraction of sp³-hybridized carbons (Fsp3) is 0.400. The summed E-state index contributed by atoms with van der Waals surface area (Å²) in [4.78, 5) is 35.9. The van der Waals surface area contributed by atoms with Crippen molar-refractivity contribution in [2.45, 2.75) is 13.8 Å². The second-order valence-corrected chi connectivity index (χ2v) is 5.13. The molecule has 1 aromatic rings. The maximum atomic E-state index is 11.9. The number of aryl methyl sites for hydroxylation is 1. The quantitative estimate of drug-likeness (QED) is 0.453. The second kappa shape index (κ2) is 6.93. The Balaban J connectivity index is 1.95. The molecule has 0 saturated heterocycles. The van der Waals surface area contributed by atoms with Crippen molar-refractivity contribution in [2.24, 2.45) is 0 Å². The molecule has 2 rings (SSSR count). The van der Waals surface area contributed by atoms with Crippen LogP contribution in [0.15, 0.2) is 18.2 Å². The number of benzene rings is 1. The summed E-state index contributed by atoms with van der Waals surface area (Å²) < 4.78 is 5.16. The molecule has 0 saturated carbocycles. The Hall–Kier alpha value is -2.57. The van der Waals surface area contributed by atoms with Crippen LogP contribution in [0.5, 0.6) is 5.75 Å². The Bertz CT molecular complexity index is 600. The maximum absolute atomic E-state index is 11.9. The van der Waals surface area contributed by atoms with Crippen molar-refractivity contribution in [1.82, 2.24) is 10.6 Å². The molecular weight excluding hydrogens is 286 g/mol. The monoisotopic (exact) mass is 305 g/mol. The molecule has 0 bridgehead atoms. The summed E-state index contributed by atoms with van der Waals surface area (Å²) in [7, 11) is 0. The van der Waals surface area contributed by atoms with E-state index in [0.29, 0.717) is 18.8 Å². The van der Waals surface area contributed by atoms with Crippen molar-refractivity contribution in [3.63, 3.8) is 0 Å². The third kappa shape index (κ3) is 4.21. The van der Waals surface area contributed by atoms with Gasteiger partial charge in [0.2, 0.25) is 11.8 Å². The van der Waals surface area contributed by atoms with Gasteiger partial charge in [0.1, 0.15) is 6.54 Å². The van der Waals surface area contributed by atoms with E-state index in [1.54, 1.807) is 11.0 Å². The zero-order valence-corrected chi connectivity index (χ0v) is 12.6. The molecule has 7 heteroatoms. The van der Waals surface area contributed by atoms with Gasteiger partial charge in [-0.2, -0.15) is 0 Å². The van der Waals surface area contributed by atoms with Crippen LogP contribution < -0.4 is 20.3 Å². The van der Waals surface area contributed by atoms with Crippen LogP contribution in [0.2, 0.25) is 0 Å². The fourth-order valence-corrected chi connectivity index (χ4v) is 2.17. The third-order valence-electron chi connectivity index (χ3n) is 3.15. The van der Waals surface area contributed by atoms with Gasteiger partial charge in [-0.15, -0.1) is 0 Å². The van der Waals surface area contributed by atoms with E-state index in [1.165, 1.54) is 6.92 Å². The number of anilines is 1. The molecule has 1 heterocycles. The van der Waals surface area contributed by atoms with Crippen molar-refractivity contribution in [3.05, 3.63) is 23.8 Å². The number of ether oxygens (including phenoxy) is 1. The van der Waals surface area contributed by atoms with Crippen molar-refractivity contribution in [2.75, 3.05) is 31.1 Å². The van der Waals surface area contributed by atoms with E-state index >= 15 is 0 Å². The number of rotatable bonds is 5. The van der Waals surface area contributed by atoms with Gasteiger partial charge in [0, 0.05) is 20.0 Å². The zero-order chi connectivity index (χ0) is 16.1. The molecule has 0 fully saturated rings. The molecule has 7 nitrogen and oxygen atoms in total. The molecule has 0 aliphatic carbocycles. The Morgan fingerprint density at radius 2 is 2.00 bits per heavy atom. The first-order chi connectivity index (χ1) is 10.5. The molecule has 2 amide bonds. The van der Waals surface area contributed by atoms with Gasteiger partial charge in [-0.05, 0) is 24.6 Å². The van der Waals surface area contributed by atoms with E-state index in [2.05, 4.69) is 10.6 Å². The van der Waals surface area contributed by atoms with Crippen LogP contribution in [0, 0.1) is 6.92 Å². The van der Waals surface area contributed by atoms with Crippen LogP contribution in [0.25, 0.3) is 0 Å². The third-order valence-corrected chi connectivity index (χ3v) is 3.15. The van der Waals surface area contributed by atoms with Crippen LogP contribution in [0.1, 0.15) is 12.5 Å². The summed E-state index contributed by atoms with van der Waals surface area (Å²) in [5.41, 5.74) is 1.75. The number of amides is 2. The molecule has 118 valence electrons. The summed E-state index contributed by atoms with van der Waals surface area (Å²) in [6.07, 6.45) is 0. The molecule has 2 N–H and O–H groups in total. The normalized spacial score (nSPS) is 13.2. The highest BCUT2D eigenvalue weighted by atomic mass is 16.5. The standard InChI is InChI=1S/C15H19N3O4/c1-10-3-4-13-12(7-10)18(9-15(21)22-13)8-14(20)17-6-5-16-11(2)19/h3-4,7H,5-6,8-9H2,1-2H3,(H,16,19)(H,17,20). The second-order valence-electron chi connectivity index (χ2n) is 5.13. The predicted molar refractivity (Wildman–Crippen MR) is 80.7 cm³/mol. The molecule has 1 aliphatic heterocycles. The van der Waals surface area contributed by atoms with Crippen molar-refractivity contribution in [3.8, 4) is 5.75 Å². The van der Waals surface area contributed by atoms with Crippen LogP contribution in [-0.4, -0.2) is 44.0 Å². The number of fused-ring (bicyclic) bond motifs is 1. The van der Waals surface area contributed by atoms with Crippen LogP contribution in [-0.2, 0) is 14.4 Å². The minimum absolute atomic E-state index is 0.0373. The molecule has 22 heavy (non-hydrogen) atoms. The summed E-state index contributed by atoms with van der Waals surface area (Å²) in [5, 5.41) is 5.29. The fourth-order valence-electron chi connectivity index (χ4n) is 2.17. The van der Waals surface area contributed by atoms with Gasteiger partial charge in [0.25, 0.3) is 0 Å². The maximum Gasteiger partial charge on any atom is 0.331 e. The number of nitrogens with zero attached hydrogens (tertiary/aromatic N) is 1. The van der Waals surface area contributed by atoms with E-state index in [4.69, 9.17) is 4.74 Å².